The first-order valence-corrected chi connectivity index (χ1v) is 7.95. The van der Waals surface area contributed by atoms with Crippen molar-refractivity contribution in [1.82, 2.24) is 25.0 Å². The van der Waals surface area contributed by atoms with Crippen molar-refractivity contribution in [3.8, 4) is 0 Å². The topological polar surface area (TPSA) is 67.9 Å². The van der Waals surface area contributed by atoms with Crippen LogP contribution in [0.4, 0.5) is 0 Å². The standard InChI is InChI=1S/C16H23N5O/c1-11(2)15-19-16(22-20-15)13-4-6-21(7-5-13)10-14-9-17-12(3)8-18-14/h8-9,11,13H,4-7,10H2,1-3H3. The monoisotopic (exact) mass is 301 g/mol. The van der Waals surface area contributed by atoms with E-state index >= 15 is 0 Å². The average Bonchev–Trinajstić information content (AvgIpc) is 3.00. The van der Waals surface area contributed by atoms with Gasteiger partial charge in [-0.25, -0.2) is 0 Å². The normalized spacial score (nSPS) is 17.3. The summed E-state index contributed by atoms with van der Waals surface area (Å²) in [5, 5.41) is 4.07. The summed E-state index contributed by atoms with van der Waals surface area (Å²) in [4.78, 5) is 15.7. The fraction of sp³-hybridized carbons (Fsp3) is 0.625. The highest BCUT2D eigenvalue weighted by atomic mass is 16.5. The Labute approximate surface area is 131 Å². The molecule has 0 aromatic carbocycles. The molecule has 2 aromatic rings. The number of aryl methyl sites for hydroxylation is 1. The molecule has 3 heterocycles. The Morgan fingerprint density at radius 3 is 2.59 bits per heavy atom. The van der Waals surface area contributed by atoms with Gasteiger partial charge in [-0.1, -0.05) is 19.0 Å². The van der Waals surface area contributed by atoms with Crippen LogP contribution in [0.25, 0.3) is 0 Å². The minimum absolute atomic E-state index is 0.317. The third-order valence-electron chi connectivity index (χ3n) is 4.13. The van der Waals surface area contributed by atoms with Gasteiger partial charge >= 0.3 is 0 Å². The van der Waals surface area contributed by atoms with Gasteiger partial charge in [0, 0.05) is 30.8 Å². The number of rotatable bonds is 4. The molecule has 6 heteroatoms. The van der Waals surface area contributed by atoms with Crippen molar-refractivity contribution in [3.63, 3.8) is 0 Å². The Kier molecular flexibility index (Phi) is 4.47. The van der Waals surface area contributed by atoms with E-state index in [0.29, 0.717) is 11.8 Å². The molecule has 0 aliphatic carbocycles. The Morgan fingerprint density at radius 2 is 2.00 bits per heavy atom. The van der Waals surface area contributed by atoms with Gasteiger partial charge in [0.05, 0.1) is 11.4 Å². The van der Waals surface area contributed by atoms with Crippen LogP contribution in [0.15, 0.2) is 16.9 Å². The lowest BCUT2D eigenvalue weighted by molar-refractivity contribution is 0.185. The fourth-order valence-corrected chi connectivity index (χ4v) is 2.72. The number of hydrogen-bond acceptors (Lipinski definition) is 6. The van der Waals surface area contributed by atoms with Crippen LogP contribution in [-0.2, 0) is 6.54 Å². The molecule has 3 rings (SSSR count). The van der Waals surface area contributed by atoms with E-state index in [9.17, 15) is 0 Å². The molecule has 0 amide bonds. The Hall–Kier alpha value is -1.82. The summed E-state index contributed by atoms with van der Waals surface area (Å²) in [5.74, 6) is 2.32. The lowest BCUT2D eigenvalue weighted by atomic mass is 9.96. The average molecular weight is 301 g/mol. The van der Waals surface area contributed by atoms with Gasteiger partial charge in [-0.05, 0) is 32.9 Å². The number of piperidine rings is 1. The van der Waals surface area contributed by atoms with Crippen LogP contribution in [0.2, 0.25) is 0 Å². The van der Waals surface area contributed by atoms with E-state index in [1.165, 1.54) is 0 Å². The van der Waals surface area contributed by atoms with Gasteiger partial charge in [0.1, 0.15) is 0 Å². The highest BCUT2D eigenvalue weighted by Crippen LogP contribution is 2.28. The molecule has 0 spiro atoms. The molecular weight excluding hydrogens is 278 g/mol. The molecular formula is C16H23N5O. The molecule has 118 valence electrons. The predicted octanol–water partition coefficient (Wildman–Crippen LogP) is 2.67. The minimum atomic E-state index is 0.317. The Bertz CT molecular complexity index is 599. The molecule has 0 atom stereocenters. The Morgan fingerprint density at radius 1 is 1.23 bits per heavy atom. The second kappa shape index (κ2) is 6.52. The third kappa shape index (κ3) is 3.50. The van der Waals surface area contributed by atoms with E-state index in [-0.39, 0.29) is 0 Å². The van der Waals surface area contributed by atoms with Gasteiger partial charge in [-0.2, -0.15) is 4.98 Å². The minimum Gasteiger partial charge on any atom is -0.339 e. The maximum atomic E-state index is 5.43. The van der Waals surface area contributed by atoms with Crippen LogP contribution >= 0.6 is 0 Å². The van der Waals surface area contributed by atoms with Gasteiger partial charge < -0.3 is 4.52 Å². The molecule has 0 saturated carbocycles. The second-order valence-electron chi connectivity index (χ2n) is 6.35. The summed E-state index contributed by atoms with van der Waals surface area (Å²) in [6, 6.07) is 0. The van der Waals surface area contributed by atoms with E-state index in [1.54, 1.807) is 0 Å². The van der Waals surface area contributed by atoms with Gasteiger partial charge in [0.2, 0.25) is 5.89 Å². The van der Waals surface area contributed by atoms with E-state index in [4.69, 9.17) is 4.52 Å². The first-order chi connectivity index (χ1) is 10.6. The second-order valence-corrected chi connectivity index (χ2v) is 6.35. The largest absolute Gasteiger partial charge is 0.339 e. The summed E-state index contributed by atoms with van der Waals surface area (Å²) in [6.45, 7) is 9.04. The molecule has 1 aliphatic rings. The molecule has 1 saturated heterocycles. The molecule has 1 aliphatic heterocycles. The maximum Gasteiger partial charge on any atom is 0.229 e. The van der Waals surface area contributed by atoms with E-state index in [1.807, 2.05) is 19.3 Å². The molecule has 2 aromatic heterocycles. The zero-order chi connectivity index (χ0) is 15.5. The predicted molar refractivity (Wildman–Crippen MR) is 82.4 cm³/mol. The Balaban J connectivity index is 1.54. The van der Waals surface area contributed by atoms with Gasteiger partial charge in [-0.15, -0.1) is 0 Å². The maximum absolute atomic E-state index is 5.43. The third-order valence-corrected chi connectivity index (χ3v) is 4.13. The van der Waals surface area contributed by atoms with E-state index < -0.39 is 0 Å². The smallest absolute Gasteiger partial charge is 0.229 e. The molecule has 22 heavy (non-hydrogen) atoms. The number of aromatic nitrogens is 4. The van der Waals surface area contributed by atoms with Crippen LogP contribution in [0.1, 0.15) is 61.6 Å². The molecule has 0 unspecified atom stereocenters. The van der Waals surface area contributed by atoms with E-state index in [0.717, 1.165) is 55.6 Å². The molecule has 0 radical (unpaired) electrons. The van der Waals surface area contributed by atoms with Crippen molar-refractivity contribution < 1.29 is 4.52 Å². The van der Waals surface area contributed by atoms with Crippen LogP contribution in [0.3, 0.4) is 0 Å². The highest BCUT2D eigenvalue weighted by molar-refractivity contribution is 5.02. The van der Waals surface area contributed by atoms with Crippen LogP contribution < -0.4 is 0 Å². The van der Waals surface area contributed by atoms with Gasteiger partial charge in [0.15, 0.2) is 5.82 Å². The number of hydrogen-bond donors (Lipinski definition) is 0. The lowest BCUT2D eigenvalue weighted by Gasteiger charge is -2.29. The van der Waals surface area contributed by atoms with Crippen molar-refractivity contribution in [3.05, 3.63) is 35.5 Å². The van der Waals surface area contributed by atoms with Crippen LogP contribution in [0.5, 0.6) is 0 Å². The summed E-state index contributed by atoms with van der Waals surface area (Å²) < 4.78 is 5.43. The van der Waals surface area contributed by atoms with Gasteiger partial charge in [0.25, 0.3) is 0 Å². The lowest BCUT2D eigenvalue weighted by Crippen LogP contribution is -2.32. The number of nitrogens with zero attached hydrogens (tertiary/aromatic N) is 5. The molecule has 0 N–H and O–H groups in total. The highest BCUT2D eigenvalue weighted by Gasteiger charge is 2.25. The van der Waals surface area contributed by atoms with Crippen molar-refractivity contribution in [1.29, 1.82) is 0 Å². The SMILES string of the molecule is Cc1cnc(CN2CCC(c3nc(C(C)C)no3)CC2)cn1. The fourth-order valence-electron chi connectivity index (χ4n) is 2.72. The van der Waals surface area contributed by atoms with Crippen molar-refractivity contribution in [2.75, 3.05) is 13.1 Å². The molecule has 0 bridgehead atoms. The zero-order valence-corrected chi connectivity index (χ0v) is 13.5. The first-order valence-electron chi connectivity index (χ1n) is 7.95. The molecule has 6 nitrogen and oxygen atoms in total. The quantitative estimate of drug-likeness (QED) is 0.865. The summed E-state index contributed by atoms with van der Waals surface area (Å²) >= 11 is 0. The van der Waals surface area contributed by atoms with Crippen LogP contribution in [0, 0.1) is 6.92 Å². The van der Waals surface area contributed by atoms with Gasteiger partial charge in [-0.3, -0.25) is 14.9 Å². The van der Waals surface area contributed by atoms with Crippen LogP contribution in [-0.4, -0.2) is 38.1 Å². The summed E-state index contributed by atoms with van der Waals surface area (Å²) in [6.07, 6.45) is 5.81. The van der Waals surface area contributed by atoms with E-state index in [2.05, 4.69) is 38.9 Å². The summed E-state index contributed by atoms with van der Waals surface area (Å²) in [5.41, 5.74) is 1.99. The first kappa shape index (κ1) is 15.1. The van der Waals surface area contributed by atoms with Crippen molar-refractivity contribution >= 4 is 0 Å². The number of likely N-dealkylation sites (tertiary alicyclic amines) is 1. The summed E-state index contributed by atoms with van der Waals surface area (Å²) in [7, 11) is 0. The zero-order valence-electron chi connectivity index (χ0n) is 13.5. The van der Waals surface area contributed by atoms with Crippen molar-refractivity contribution in [2.45, 2.75) is 52.0 Å². The molecule has 1 fully saturated rings. The van der Waals surface area contributed by atoms with Crippen molar-refractivity contribution in [2.24, 2.45) is 0 Å².